The standard InChI is InChI=1S/C7H14N2O4/c8-5(3-10)4-13-2-1-6(9)7(11)12/h1-2,5-6,10H,3-4,8-9H2,(H,11,12). The molecule has 0 radical (unpaired) electrons. The second kappa shape index (κ2) is 6.41. The lowest BCUT2D eigenvalue weighted by Crippen LogP contribution is -2.30. The van der Waals surface area contributed by atoms with Crippen LogP contribution < -0.4 is 11.5 Å². The first-order chi connectivity index (χ1) is 6.07. The molecule has 0 aliphatic carbocycles. The van der Waals surface area contributed by atoms with Gasteiger partial charge in [-0.1, -0.05) is 0 Å². The maximum atomic E-state index is 10.2. The Morgan fingerprint density at radius 2 is 2.15 bits per heavy atom. The molecule has 0 amide bonds. The van der Waals surface area contributed by atoms with Crippen LogP contribution in [0.15, 0.2) is 12.3 Å². The molecule has 0 fully saturated rings. The summed E-state index contributed by atoms with van der Waals surface area (Å²) in [6.45, 7) is -0.0574. The van der Waals surface area contributed by atoms with Gasteiger partial charge in [-0.05, 0) is 6.08 Å². The van der Waals surface area contributed by atoms with Gasteiger partial charge < -0.3 is 26.4 Å². The number of hydrogen-bond acceptors (Lipinski definition) is 5. The van der Waals surface area contributed by atoms with E-state index in [0.717, 1.165) is 6.26 Å². The molecular formula is C7H14N2O4. The molecule has 76 valence electrons. The van der Waals surface area contributed by atoms with Crippen molar-refractivity contribution in [3.05, 3.63) is 12.3 Å². The summed E-state index contributed by atoms with van der Waals surface area (Å²) in [5.41, 5.74) is 10.4. The molecule has 0 aromatic rings. The van der Waals surface area contributed by atoms with Crippen LogP contribution in [-0.4, -0.2) is 41.5 Å². The molecule has 0 aromatic heterocycles. The molecule has 0 aromatic carbocycles. The Labute approximate surface area is 75.8 Å². The van der Waals surface area contributed by atoms with Crippen molar-refractivity contribution in [2.45, 2.75) is 12.1 Å². The Morgan fingerprint density at radius 3 is 2.62 bits per heavy atom. The number of aliphatic hydroxyl groups is 1. The Bertz CT molecular complexity index is 183. The SMILES string of the molecule is NC(CO)COC=CC(N)C(=O)O. The van der Waals surface area contributed by atoms with E-state index < -0.39 is 18.1 Å². The van der Waals surface area contributed by atoms with Crippen molar-refractivity contribution in [2.75, 3.05) is 13.2 Å². The number of ether oxygens (including phenoxy) is 1. The molecular weight excluding hydrogens is 176 g/mol. The van der Waals surface area contributed by atoms with Crippen molar-refractivity contribution < 1.29 is 19.7 Å². The van der Waals surface area contributed by atoms with Gasteiger partial charge in [0.1, 0.15) is 12.6 Å². The lowest BCUT2D eigenvalue weighted by molar-refractivity contribution is -0.137. The van der Waals surface area contributed by atoms with E-state index in [0.29, 0.717) is 0 Å². The van der Waals surface area contributed by atoms with Crippen molar-refractivity contribution in [2.24, 2.45) is 11.5 Å². The zero-order valence-electron chi connectivity index (χ0n) is 7.09. The number of aliphatic hydroxyl groups excluding tert-OH is 1. The molecule has 2 atom stereocenters. The third kappa shape index (κ3) is 6.09. The van der Waals surface area contributed by atoms with E-state index in [9.17, 15) is 4.79 Å². The lowest BCUT2D eigenvalue weighted by Gasteiger charge is -2.06. The summed E-state index contributed by atoms with van der Waals surface area (Å²) in [6.07, 6.45) is 2.35. The summed E-state index contributed by atoms with van der Waals surface area (Å²) in [6, 6.07) is -1.55. The van der Waals surface area contributed by atoms with Crippen molar-refractivity contribution in [3.8, 4) is 0 Å². The molecule has 0 aliphatic heterocycles. The van der Waals surface area contributed by atoms with Gasteiger partial charge in [0.05, 0.1) is 18.9 Å². The van der Waals surface area contributed by atoms with Gasteiger partial charge in [-0.15, -0.1) is 0 Å². The highest BCUT2D eigenvalue weighted by molar-refractivity contribution is 5.75. The van der Waals surface area contributed by atoms with Crippen LogP contribution in [0, 0.1) is 0 Å². The quantitative estimate of drug-likeness (QED) is 0.369. The molecule has 0 heterocycles. The van der Waals surface area contributed by atoms with Crippen molar-refractivity contribution in [1.29, 1.82) is 0 Å². The predicted molar refractivity (Wildman–Crippen MR) is 45.8 cm³/mol. The lowest BCUT2D eigenvalue weighted by atomic mass is 10.3. The number of rotatable bonds is 6. The van der Waals surface area contributed by atoms with Crippen LogP contribution in [0.2, 0.25) is 0 Å². The molecule has 13 heavy (non-hydrogen) atoms. The highest BCUT2D eigenvalue weighted by Gasteiger charge is 2.05. The minimum absolute atomic E-state index is 0.124. The number of hydrogen-bond donors (Lipinski definition) is 4. The minimum Gasteiger partial charge on any atom is -0.500 e. The summed E-state index contributed by atoms with van der Waals surface area (Å²) >= 11 is 0. The Kier molecular flexibility index (Phi) is 5.86. The number of carboxylic acid groups (broad SMARTS) is 1. The van der Waals surface area contributed by atoms with Gasteiger partial charge in [0.25, 0.3) is 0 Å². The van der Waals surface area contributed by atoms with Crippen molar-refractivity contribution in [1.82, 2.24) is 0 Å². The van der Waals surface area contributed by atoms with Crippen molar-refractivity contribution in [3.63, 3.8) is 0 Å². The summed E-state index contributed by atoms with van der Waals surface area (Å²) in [5, 5.41) is 16.8. The smallest absolute Gasteiger partial charge is 0.324 e. The van der Waals surface area contributed by atoms with Gasteiger partial charge >= 0.3 is 5.97 Å². The number of aliphatic carboxylic acids is 1. The first-order valence-corrected chi connectivity index (χ1v) is 3.71. The summed E-state index contributed by atoms with van der Waals surface area (Å²) in [7, 11) is 0. The monoisotopic (exact) mass is 190 g/mol. The minimum atomic E-state index is -1.13. The zero-order chi connectivity index (χ0) is 10.3. The molecule has 0 saturated heterocycles. The molecule has 2 unspecified atom stereocenters. The molecule has 0 rings (SSSR count). The topological polar surface area (TPSA) is 119 Å². The summed E-state index contributed by atoms with van der Waals surface area (Å²) in [5.74, 6) is -1.13. The highest BCUT2D eigenvalue weighted by Crippen LogP contribution is 1.86. The molecule has 0 aliphatic rings. The molecule has 0 saturated carbocycles. The fourth-order valence-electron chi connectivity index (χ4n) is 0.454. The largest absolute Gasteiger partial charge is 0.500 e. The third-order valence-corrected chi connectivity index (χ3v) is 1.21. The molecule has 6 heteroatoms. The van der Waals surface area contributed by atoms with Gasteiger partial charge in [-0.2, -0.15) is 0 Å². The maximum absolute atomic E-state index is 10.2. The summed E-state index contributed by atoms with van der Waals surface area (Å²) in [4.78, 5) is 10.2. The van der Waals surface area contributed by atoms with E-state index in [-0.39, 0.29) is 13.2 Å². The van der Waals surface area contributed by atoms with Gasteiger partial charge in [0, 0.05) is 0 Å². The first kappa shape index (κ1) is 11.9. The molecule has 0 spiro atoms. The van der Waals surface area contributed by atoms with Crippen molar-refractivity contribution >= 4 is 5.97 Å². The van der Waals surface area contributed by atoms with E-state index in [1.807, 2.05) is 0 Å². The fraction of sp³-hybridized carbons (Fsp3) is 0.571. The average molecular weight is 190 g/mol. The average Bonchev–Trinajstić information content (AvgIpc) is 2.11. The van der Waals surface area contributed by atoms with Gasteiger partial charge in [0.15, 0.2) is 0 Å². The first-order valence-electron chi connectivity index (χ1n) is 3.71. The normalized spacial score (nSPS) is 15.6. The van der Waals surface area contributed by atoms with Crippen LogP contribution in [0.5, 0.6) is 0 Å². The second-order valence-corrected chi connectivity index (χ2v) is 2.47. The van der Waals surface area contributed by atoms with Crippen LogP contribution in [0.3, 0.4) is 0 Å². The van der Waals surface area contributed by atoms with E-state index in [1.165, 1.54) is 6.08 Å². The molecule has 0 bridgehead atoms. The Morgan fingerprint density at radius 1 is 1.54 bits per heavy atom. The Balaban J connectivity index is 3.57. The highest BCUT2D eigenvalue weighted by atomic mass is 16.5. The second-order valence-electron chi connectivity index (χ2n) is 2.47. The Hall–Kier alpha value is -1.11. The number of carboxylic acids is 1. The number of nitrogens with two attached hydrogens (primary N) is 2. The van der Waals surface area contributed by atoms with Gasteiger partial charge in [-0.25, -0.2) is 0 Å². The molecule has 6 N–H and O–H groups in total. The van der Waals surface area contributed by atoms with E-state index >= 15 is 0 Å². The maximum Gasteiger partial charge on any atom is 0.324 e. The summed E-state index contributed by atoms with van der Waals surface area (Å²) < 4.78 is 4.80. The van der Waals surface area contributed by atoms with Crippen LogP contribution in [0.1, 0.15) is 0 Å². The van der Waals surface area contributed by atoms with E-state index in [2.05, 4.69) is 0 Å². The van der Waals surface area contributed by atoms with Crippen LogP contribution in [0.4, 0.5) is 0 Å². The molecule has 6 nitrogen and oxygen atoms in total. The van der Waals surface area contributed by atoms with Gasteiger partial charge in [-0.3, -0.25) is 4.79 Å². The fourth-order valence-corrected chi connectivity index (χ4v) is 0.454. The predicted octanol–water partition coefficient (Wildman–Crippen LogP) is -1.75. The van der Waals surface area contributed by atoms with Gasteiger partial charge in [0.2, 0.25) is 0 Å². The van der Waals surface area contributed by atoms with Crippen LogP contribution in [-0.2, 0) is 9.53 Å². The third-order valence-electron chi connectivity index (χ3n) is 1.21. The van der Waals surface area contributed by atoms with E-state index in [4.69, 9.17) is 26.4 Å². The van der Waals surface area contributed by atoms with E-state index in [1.54, 1.807) is 0 Å². The number of carbonyl (C=O) groups is 1. The van der Waals surface area contributed by atoms with Crippen LogP contribution in [0.25, 0.3) is 0 Å². The van der Waals surface area contributed by atoms with Crippen LogP contribution >= 0.6 is 0 Å². The zero-order valence-corrected chi connectivity index (χ0v) is 7.09.